The number of nitrogens with zero attached hydrogens (tertiary/aromatic N) is 1. The molecule has 0 heterocycles. The van der Waals surface area contributed by atoms with E-state index in [0.29, 0.717) is 5.56 Å². The third-order valence-corrected chi connectivity index (χ3v) is 8.30. The zero-order chi connectivity index (χ0) is 32.8. The monoisotopic (exact) mass is 679 g/mol. The maximum atomic E-state index is 13.8. The molecule has 4 aromatic carbocycles. The molecular weight excluding hydrogens is 650 g/mol. The van der Waals surface area contributed by atoms with Crippen molar-refractivity contribution in [2.45, 2.75) is 31.3 Å². The molecule has 0 bridgehead atoms. The molecule has 45 heavy (non-hydrogen) atoms. The summed E-state index contributed by atoms with van der Waals surface area (Å²) in [5.41, 5.74) is 0.553. The van der Waals surface area contributed by atoms with Gasteiger partial charge in [-0.25, -0.2) is 12.7 Å². The average molecular weight is 681 g/mol. The van der Waals surface area contributed by atoms with Crippen LogP contribution in [0, 0.1) is 0 Å². The number of carbonyl (C=O) groups is 1. The Bertz CT molecular complexity index is 1720. The smallest absolute Gasteiger partial charge is 0.390 e. The topological polar surface area (TPSA) is 98.7 Å². The van der Waals surface area contributed by atoms with Gasteiger partial charge < -0.3 is 15.7 Å². The number of benzene rings is 4. The van der Waals surface area contributed by atoms with E-state index in [4.69, 9.17) is 23.2 Å². The Morgan fingerprint density at radius 1 is 0.889 bits per heavy atom. The quantitative estimate of drug-likeness (QED) is 0.157. The summed E-state index contributed by atoms with van der Waals surface area (Å²) >= 11 is 12.3. The number of amides is 1. The number of alkyl halides is 3. The van der Waals surface area contributed by atoms with Gasteiger partial charge in [0.05, 0.1) is 40.9 Å². The largest absolute Gasteiger partial charge is 0.416 e. The molecule has 1 amide bonds. The van der Waals surface area contributed by atoms with Gasteiger partial charge in [0.25, 0.3) is 5.91 Å². The van der Waals surface area contributed by atoms with Crippen molar-refractivity contribution in [1.29, 1.82) is 0 Å². The number of para-hydroxylation sites is 1. The molecule has 0 radical (unpaired) electrons. The SMILES string of the molecule is CS(=O)(=O)N(c1cc(Cl)cc(Cl)c1)c1ccccc1C(=O)N[C@@H](Cc1ccccc1)[C@H](O)CNCc1cccc(C(F)(F)F)c1. The van der Waals surface area contributed by atoms with E-state index in [9.17, 15) is 31.5 Å². The second-order valence-corrected chi connectivity index (χ2v) is 13.0. The first-order valence-corrected chi connectivity index (χ1v) is 16.3. The van der Waals surface area contributed by atoms with Crippen molar-refractivity contribution in [1.82, 2.24) is 10.6 Å². The maximum Gasteiger partial charge on any atom is 0.416 e. The van der Waals surface area contributed by atoms with Crippen LogP contribution in [0.1, 0.15) is 27.0 Å². The Labute approximate surface area is 269 Å². The van der Waals surface area contributed by atoms with E-state index in [0.717, 1.165) is 28.3 Å². The molecule has 13 heteroatoms. The van der Waals surface area contributed by atoms with Gasteiger partial charge in [0.2, 0.25) is 10.0 Å². The second kappa shape index (κ2) is 14.7. The summed E-state index contributed by atoms with van der Waals surface area (Å²) in [6, 6.07) is 23.4. The number of aliphatic hydroxyl groups is 1. The predicted octanol–water partition coefficient (Wildman–Crippen LogP) is 6.60. The lowest BCUT2D eigenvalue weighted by Crippen LogP contribution is -2.49. The minimum atomic E-state index is -4.48. The molecule has 2 atom stereocenters. The fraction of sp³-hybridized carbons (Fsp3) is 0.219. The predicted molar refractivity (Wildman–Crippen MR) is 170 cm³/mol. The molecule has 0 saturated carbocycles. The molecule has 3 N–H and O–H groups in total. The highest BCUT2D eigenvalue weighted by atomic mass is 35.5. The molecule has 0 unspecified atom stereocenters. The van der Waals surface area contributed by atoms with Crippen LogP contribution >= 0.6 is 23.2 Å². The number of nitrogens with one attached hydrogen (secondary N) is 2. The minimum absolute atomic E-state index is 0.00112. The lowest BCUT2D eigenvalue weighted by atomic mass is 10.00. The number of hydrogen-bond donors (Lipinski definition) is 3. The number of sulfonamides is 1. The Morgan fingerprint density at radius 2 is 1.51 bits per heavy atom. The molecule has 0 spiro atoms. The van der Waals surface area contributed by atoms with Crippen molar-refractivity contribution in [3.8, 4) is 0 Å². The highest BCUT2D eigenvalue weighted by Crippen LogP contribution is 2.35. The maximum absolute atomic E-state index is 13.8. The van der Waals surface area contributed by atoms with Crippen LogP contribution in [0.2, 0.25) is 10.0 Å². The van der Waals surface area contributed by atoms with Crippen LogP contribution in [0.15, 0.2) is 97.1 Å². The van der Waals surface area contributed by atoms with Crippen molar-refractivity contribution < 1.29 is 31.5 Å². The minimum Gasteiger partial charge on any atom is -0.390 e. The van der Waals surface area contributed by atoms with Crippen molar-refractivity contribution in [3.63, 3.8) is 0 Å². The summed E-state index contributed by atoms with van der Waals surface area (Å²) in [6.45, 7) is -0.0204. The Kier molecular flexibility index (Phi) is 11.2. The Morgan fingerprint density at radius 3 is 2.16 bits per heavy atom. The number of anilines is 2. The molecule has 4 rings (SSSR count). The van der Waals surface area contributed by atoms with Crippen LogP contribution in [0.25, 0.3) is 0 Å². The van der Waals surface area contributed by atoms with E-state index in [-0.39, 0.29) is 46.5 Å². The fourth-order valence-electron chi connectivity index (χ4n) is 4.77. The molecular formula is C32H30Cl2F3N3O4S. The highest BCUT2D eigenvalue weighted by molar-refractivity contribution is 7.92. The summed E-state index contributed by atoms with van der Waals surface area (Å²) in [7, 11) is -4.00. The molecule has 0 fully saturated rings. The van der Waals surface area contributed by atoms with Gasteiger partial charge in [-0.3, -0.25) is 4.79 Å². The number of carbonyl (C=O) groups excluding carboxylic acids is 1. The van der Waals surface area contributed by atoms with Crippen molar-refractivity contribution >= 4 is 50.5 Å². The lowest BCUT2D eigenvalue weighted by Gasteiger charge is -2.28. The number of rotatable bonds is 12. The van der Waals surface area contributed by atoms with Gasteiger partial charge in [-0.1, -0.05) is 83.9 Å². The van der Waals surface area contributed by atoms with E-state index >= 15 is 0 Å². The van der Waals surface area contributed by atoms with Crippen LogP contribution < -0.4 is 14.9 Å². The summed E-state index contributed by atoms with van der Waals surface area (Å²) < 4.78 is 66.3. The number of hydrogen-bond acceptors (Lipinski definition) is 5. The van der Waals surface area contributed by atoms with Gasteiger partial charge >= 0.3 is 6.18 Å². The van der Waals surface area contributed by atoms with Crippen LogP contribution in [-0.2, 0) is 29.2 Å². The second-order valence-electron chi connectivity index (χ2n) is 10.3. The van der Waals surface area contributed by atoms with Gasteiger partial charge in [-0.15, -0.1) is 0 Å². The van der Waals surface area contributed by atoms with E-state index < -0.39 is 39.8 Å². The van der Waals surface area contributed by atoms with E-state index in [2.05, 4.69) is 10.6 Å². The molecule has 0 aromatic heterocycles. The van der Waals surface area contributed by atoms with Gasteiger partial charge in [0.15, 0.2) is 0 Å². The molecule has 0 saturated heterocycles. The zero-order valence-corrected chi connectivity index (χ0v) is 26.3. The summed E-state index contributed by atoms with van der Waals surface area (Å²) in [4.78, 5) is 13.8. The molecule has 0 aliphatic heterocycles. The number of halogens is 5. The van der Waals surface area contributed by atoms with Crippen LogP contribution in [0.3, 0.4) is 0 Å². The van der Waals surface area contributed by atoms with Gasteiger partial charge in [0.1, 0.15) is 0 Å². The first kappa shape index (κ1) is 34.3. The fourth-order valence-corrected chi connectivity index (χ4v) is 6.29. The Hall–Kier alpha value is -3.61. The molecule has 0 aliphatic rings. The molecule has 4 aromatic rings. The highest BCUT2D eigenvalue weighted by Gasteiger charge is 2.31. The third kappa shape index (κ3) is 9.44. The van der Waals surface area contributed by atoms with Crippen LogP contribution in [0.4, 0.5) is 24.5 Å². The third-order valence-electron chi connectivity index (χ3n) is 6.80. The summed E-state index contributed by atoms with van der Waals surface area (Å²) in [5, 5.41) is 17.4. The average Bonchev–Trinajstić information content (AvgIpc) is 2.96. The van der Waals surface area contributed by atoms with Crippen molar-refractivity contribution in [2.24, 2.45) is 0 Å². The first-order valence-electron chi connectivity index (χ1n) is 13.7. The molecule has 0 aliphatic carbocycles. The summed E-state index contributed by atoms with van der Waals surface area (Å²) in [6.07, 6.45) is -4.47. The first-order chi connectivity index (χ1) is 21.2. The normalized spacial score (nSPS) is 13.2. The van der Waals surface area contributed by atoms with Crippen LogP contribution in [-0.4, -0.2) is 44.4 Å². The lowest BCUT2D eigenvalue weighted by molar-refractivity contribution is -0.137. The Balaban J connectivity index is 1.59. The van der Waals surface area contributed by atoms with Crippen LogP contribution in [0.5, 0.6) is 0 Å². The van der Waals surface area contributed by atoms with Crippen molar-refractivity contribution in [3.05, 3.63) is 129 Å². The van der Waals surface area contributed by atoms with Gasteiger partial charge in [-0.05, 0) is 53.9 Å². The zero-order valence-electron chi connectivity index (χ0n) is 23.9. The van der Waals surface area contributed by atoms with Gasteiger partial charge in [-0.2, -0.15) is 13.2 Å². The molecule has 238 valence electrons. The standard InChI is InChI=1S/C32H30Cl2F3N3O4S/c1-45(43,44)40(26-17-24(33)16-25(34)18-26)29-13-6-5-12-27(29)31(42)39-28(15-21-8-3-2-4-9-21)30(41)20-38-19-22-10-7-11-23(14-22)32(35,36)37/h2-14,16-18,28,30,38,41H,15,19-20H2,1H3,(H,39,42)/t28-,30+/m0/s1. The summed E-state index contributed by atoms with van der Waals surface area (Å²) in [5.74, 6) is -0.662. The van der Waals surface area contributed by atoms with E-state index in [1.165, 1.54) is 42.5 Å². The van der Waals surface area contributed by atoms with E-state index in [1.807, 2.05) is 30.3 Å². The van der Waals surface area contributed by atoms with Crippen molar-refractivity contribution in [2.75, 3.05) is 17.1 Å². The van der Waals surface area contributed by atoms with E-state index in [1.54, 1.807) is 12.1 Å². The van der Waals surface area contributed by atoms with Gasteiger partial charge in [0, 0.05) is 23.1 Å². The number of aliphatic hydroxyl groups excluding tert-OH is 1. The molecule has 7 nitrogen and oxygen atoms in total.